The second-order valence-electron chi connectivity index (χ2n) is 5.55. The van der Waals surface area contributed by atoms with Crippen molar-refractivity contribution in [2.24, 2.45) is 0 Å². The zero-order chi connectivity index (χ0) is 13.5. The maximum atomic E-state index is 12.3. The first kappa shape index (κ1) is 12.5. The Kier molecular flexibility index (Phi) is 2.97. The second kappa shape index (κ2) is 4.53. The van der Waals surface area contributed by atoms with Gasteiger partial charge >= 0.3 is 0 Å². The van der Waals surface area contributed by atoms with Crippen molar-refractivity contribution in [3.8, 4) is 11.5 Å². The number of Topliss-reactive ketones (excluding diaryl/α,β-unsaturated/α-hetero) is 1. The minimum atomic E-state index is -0.303. The highest BCUT2D eigenvalue weighted by molar-refractivity contribution is 6.00. The van der Waals surface area contributed by atoms with Gasteiger partial charge in [0.05, 0.1) is 19.1 Å². The zero-order valence-electron chi connectivity index (χ0n) is 11.4. The monoisotopic (exact) mass is 261 g/mol. The van der Waals surface area contributed by atoms with Crippen LogP contribution >= 0.6 is 0 Å². The minimum absolute atomic E-state index is 0.188. The first-order valence-corrected chi connectivity index (χ1v) is 6.71. The molecule has 0 aromatic heterocycles. The van der Waals surface area contributed by atoms with Crippen LogP contribution in [0.15, 0.2) is 18.2 Å². The van der Waals surface area contributed by atoms with Crippen LogP contribution in [0.25, 0.3) is 0 Å². The fourth-order valence-electron chi connectivity index (χ4n) is 2.91. The molecule has 0 atom stereocenters. The van der Waals surface area contributed by atoms with Gasteiger partial charge in [-0.3, -0.25) is 4.79 Å². The third-order valence-electron chi connectivity index (χ3n) is 4.20. The normalized spacial score (nSPS) is 21.9. The number of hydrogen-bond donors (Lipinski definition) is 0. The molecule has 3 rings (SSSR count). The van der Waals surface area contributed by atoms with Crippen LogP contribution in [0.5, 0.6) is 11.5 Å². The van der Waals surface area contributed by atoms with E-state index in [4.69, 9.17) is 9.47 Å². The van der Waals surface area contributed by atoms with E-state index in [1.807, 2.05) is 12.1 Å². The van der Waals surface area contributed by atoms with Crippen molar-refractivity contribution < 1.29 is 14.3 Å². The Morgan fingerprint density at radius 1 is 1.32 bits per heavy atom. The quantitative estimate of drug-likeness (QED) is 0.776. The summed E-state index contributed by atoms with van der Waals surface area (Å²) in [5.74, 6) is 1.60. The predicted octanol–water partition coefficient (Wildman–Crippen LogP) is 2.12. The molecule has 1 saturated heterocycles. The summed E-state index contributed by atoms with van der Waals surface area (Å²) in [7, 11) is 3.73. The number of methoxy groups -OCH3 is 1. The van der Waals surface area contributed by atoms with Crippen LogP contribution in [-0.4, -0.2) is 43.5 Å². The number of benzene rings is 1. The number of carbonyl (C=O) groups is 1. The first-order valence-electron chi connectivity index (χ1n) is 6.71. The Labute approximate surface area is 113 Å². The molecule has 4 heteroatoms. The van der Waals surface area contributed by atoms with Gasteiger partial charge in [-0.2, -0.15) is 0 Å². The molecular formula is C15H19NO3. The summed E-state index contributed by atoms with van der Waals surface area (Å²) in [6.45, 7) is 1.96. The van der Waals surface area contributed by atoms with Crippen molar-refractivity contribution in [3.63, 3.8) is 0 Å². The van der Waals surface area contributed by atoms with Crippen LogP contribution in [-0.2, 0) is 0 Å². The molecule has 0 bridgehead atoms. The summed E-state index contributed by atoms with van der Waals surface area (Å²) in [6.07, 6.45) is 2.32. The average molecular weight is 261 g/mol. The van der Waals surface area contributed by atoms with Crippen LogP contribution in [0.2, 0.25) is 0 Å². The van der Waals surface area contributed by atoms with Gasteiger partial charge in [0, 0.05) is 32.0 Å². The number of ketones is 1. The SMILES string of the molecule is COc1ccc2c(c1)OC1(CCN(C)CC1)CC2=O. The van der Waals surface area contributed by atoms with Crippen molar-refractivity contribution in [2.45, 2.75) is 24.9 Å². The van der Waals surface area contributed by atoms with Gasteiger partial charge in [0.25, 0.3) is 0 Å². The largest absolute Gasteiger partial charge is 0.497 e. The molecule has 0 amide bonds. The molecule has 0 unspecified atom stereocenters. The van der Waals surface area contributed by atoms with Gasteiger partial charge in [-0.15, -0.1) is 0 Å². The van der Waals surface area contributed by atoms with E-state index in [2.05, 4.69) is 11.9 Å². The van der Waals surface area contributed by atoms with E-state index in [1.54, 1.807) is 13.2 Å². The van der Waals surface area contributed by atoms with Crippen LogP contribution in [0.1, 0.15) is 29.6 Å². The maximum absolute atomic E-state index is 12.3. The fourth-order valence-corrected chi connectivity index (χ4v) is 2.91. The molecular weight excluding hydrogens is 242 g/mol. The van der Waals surface area contributed by atoms with Gasteiger partial charge in [-0.1, -0.05) is 0 Å². The fraction of sp³-hybridized carbons (Fsp3) is 0.533. The van der Waals surface area contributed by atoms with Crippen molar-refractivity contribution >= 4 is 5.78 Å². The maximum Gasteiger partial charge on any atom is 0.170 e. The molecule has 4 nitrogen and oxygen atoms in total. The predicted molar refractivity (Wildman–Crippen MR) is 72.0 cm³/mol. The van der Waals surface area contributed by atoms with Crippen LogP contribution in [0.4, 0.5) is 0 Å². The third kappa shape index (κ3) is 2.21. The van der Waals surface area contributed by atoms with Crippen molar-refractivity contribution in [2.75, 3.05) is 27.2 Å². The number of carbonyl (C=O) groups excluding carboxylic acids is 1. The Balaban J connectivity index is 1.92. The highest BCUT2D eigenvalue weighted by Crippen LogP contribution is 2.40. The van der Waals surface area contributed by atoms with Gasteiger partial charge in [-0.25, -0.2) is 0 Å². The number of rotatable bonds is 1. The lowest BCUT2D eigenvalue weighted by atomic mass is 9.82. The molecule has 2 aliphatic rings. The second-order valence-corrected chi connectivity index (χ2v) is 5.55. The molecule has 0 N–H and O–H groups in total. The highest BCUT2D eigenvalue weighted by atomic mass is 16.5. The standard InChI is InChI=1S/C15H19NO3/c1-16-7-5-15(6-8-16)10-13(17)12-4-3-11(18-2)9-14(12)19-15/h3-4,9H,5-8,10H2,1-2H3. The van der Waals surface area contributed by atoms with Crippen LogP contribution in [0, 0.1) is 0 Å². The van der Waals surface area contributed by atoms with Crippen molar-refractivity contribution in [3.05, 3.63) is 23.8 Å². The summed E-state index contributed by atoms with van der Waals surface area (Å²) >= 11 is 0. The van der Waals surface area contributed by atoms with Crippen LogP contribution in [0.3, 0.4) is 0 Å². The van der Waals surface area contributed by atoms with E-state index >= 15 is 0 Å². The Hall–Kier alpha value is -1.55. The van der Waals surface area contributed by atoms with E-state index in [1.165, 1.54) is 0 Å². The number of piperidine rings is 1. The van der Waals surface area contributed by atoms with Crippen molar-refractivity contribution in [1.29, 1.82) is 0 Å². The number of likely N-dealkylation sites (tertiary alicyclic amines) is 1. The smallest absolute Gasteiger partial charge is 0.170 e. The molecule has 2 aliphatic heterocycles. The van der Waals surface area contributed by atoms with Gasteiger partial charge in [-0.05, 0) is 19.2 Å². The summed E-state index contributed by atoms with van der Waals surface area (Å²) < 4.78 is 11.4. The summed E-state index contributed by atoms with van der Waals surface area (Å²) in [5, 5.41) is 0. The first-order chi connectivity index (χ1) is 9.12. The van der Waals surface area contributed by atoms with Crippen molar-refractivity contribution in [1.82, 2.24) is 4.90 Å². The van der Waals surface area contributed by atoms with E-state index in [9.17, 15) is 4.79 Å². The lowest BCUT2D eigenvalue weighted by Gasteiger charge is -2.43. The van der Waals surface area contributed by atoms with E-state index in [0.717, 1.165) is 31.7 Å². The van der Waals surface area contributed by atoms with E-state index < -0.39 is 0 Å². The molecule has 1 aromatic rings. The van der Waals surface area contributed by atoms with Crippen LogP contribution < -0.4 is 9.47 Å². The number of hydrogen-bond acceptors (Lipinski definition) is 4. The molecule has 2 heterocycles. The molecule has 1 fully saturated rings. The zero-order valence-corrected chi connectivity index (χ0v) is 11.4. The highest BCUT2D eigenvalue weighted by Gasteiger charge is 2.42. The van der Waals surface area contributed by atoms with E-state index in [0.29, 0.717) is 17.7 Å². The molecule has 1 spiro atoms. The Morgan fingerprint density at radius 2 is 2.05 bits per heavy atom. The Morgan fingerprint density at radius 3 is 2.74 bits per heavy atom. The number of ether oxygens (including phenoxy) is 2. The van der Waals surface area contributed by atoms with Gasteiger partial charge in [0.2, 0.25) is 0 Å². The lowest BCUT2D eigenvalue weighted by molar-refractivity contribution is -0.00379. The average Bonchev–Trinajstić information content (AvgIpc) is 2.42. The number of fused-ring (bicyclic) bond motifs is 1. The molecule has 0 saturated carbocycles. The summed E-state index contributed by atoms with van der Waals surface area (Å²) in [6, 6.07) is 5.44. The Bertz CT molecular complexity index is 504. The molecule has 0 radical (unpaired) electrons. The lowest BCUT2D eigenvalue weighted by Crippen LogP contribution is -2.50. The third-order valence-corrected chi connectivity index (χ3v) is 4.20. The van der Waals surface area contributed by atoms with E-state index in [-0.39, 0.29) is 11.4 Å². The summed E-state index contributed by atoms with van der Waals surface area (Å²) in [5.41, 5.74) is 0.383. The number of nitrogens with zero attached hydrogens (tertiary/aromatic N) is 1. The molecule has 0 aliphatic carbocycles. The summed E-state index contributed by atoms with van der Waals surface area (Å²) in [4.78, 5) is 14.6. The van der Waals surface area contributed by atoms with Gasteiger partial charge in [0.1, 0.15) is 17.1 Å². The van der Waals surface area contributed by atoms with Gasteiger partial charge in [0.15, 0.2) is 5.78 Å². The van der Waals surface area contributed by atoms with Gasteiger partial charge < -0.3 is 14.4 Å². The molecule has 19 heavy (non-hydrogen) atoms. The minimum Gasteiger partial charge on any atom is -0.497 e. The topological polar surface area (TPSA) is 38.8 Å². The molecule has 102 valence electrons. The molecule has 1 aromatic carbocycles.